The van der Waals surface area contributed by atoms with Crippen molar-refractivity contribution >= 4 is 17.6 Å². The number of fused-ring (bicyclic) bond motifs is 1. The van der Waals surface area contributed by atoms with E-state index >= 15 is 0 Å². The number of nitrogens with one attached hydrogen (secondary N) is 1. The molecule has 0 radical (unpaired) electrons. The average molecular weight is 268 g/mol. The van der Waals surface area contributed by atoms with E-state index in [0.29, 0.717) is 18.8 Å². The van der Waals surface area contributed by atoms with Crippen LogP contribution in [0, 0.1) is 5.92 Å². The van der Waals surface area contributed by atoms with Crippen molar-refractivity contribution in [1.29, 1.82) is 0 Å². The lowest BCUT2D eigenvalue weighted by Crippen LogP contribution is -2.43. The van der Waals surface area contributed by atoms with Crippen molar-refractivity contribution in [1.82, 2.24) is 15.1 Å². The van der Waals surface area contributed by atoms with E-state index in [2.05, 4.69) is 10.5 Å². The largest absolute Gasteiger partial charge is 0.389 e. The molecule has 2 aliphatic heterocycles. The number of nitrogens with zero attached hydrogens (tertiary/aromatic N) is 3. The predicted octanol–water partition coefficient (Wildman–Crippen LogP) is -0.121. The molecular weight excluding hydrogens is 248 g/mol. The van der Waals surface area contributed by atoms with Gasteiger partial charge in [0.25, 0.3) is 5.91 Å². The normalized spacial score (nSPS) is 24.9. The van der Waals surface area contributed by atoms with Gasteiger partial charge in [0.2, 0.25) is 0 Å². The molecule has 0 aromatic rings. The first-order valence-electron chi connectivity index (χ1n) is 6.41. The third-order valence-electron chi connectivity index (χ3n) is 3.23. The molecule has 3 amide bonds. The summed E-state index contributed by atoms with van der Waals surface area (Å²) in [5.41, 5.74) is 0.412. The Morgan fingerprint density at radius 2 is 2.11 bits per heavy atom. The summed E-state index contributed by atoms with van der Waals surface area (Å²) in [7, 11) is 3.35. The van der Waals surface area contributed by atoms with Gasteiger partial charge in [-0.3, -0.25) is 4.79 Å². The third-order valence-corrected chi connectivity index (χ3v) is 3.23. The summed E-state index contributed by atoms with van der Waals surface area (Å²) in [6.07, 6.45) is -0.197. The second-order valence-electron chi connectivity index (χ2n) is 5.44. The summed E-state index contributed by atoms with van der Waals surface area (Å²) in [6.45, 7) is 4.76. The van der Waals surface area contributed by atoms with Crippen molar-refractivity contribution in [3.8, 4) is 0 Å². The fourth-order valence-electron chi connectivity index (χ4n) is 2.27. The van der Waals surface area contributed by atoms with Crippen LogP contribution in [-0.2, 0) is 9.63 Å². The number of amides is 3. The summed E-state index contributed by atoms with van der Waals surface area (Å²) in [4.78, 5) is 32.3. The van der Waals surface area contributed by atoms with E-state index in [9.17, 15) is 9.59 Å². The van der Waals surface area contributed by atoms with Crippen molar-refractivity contribution in [2.75, 3.05) is 27.2 Å². The zero-order chi connectivity index (χ0) is 14.2. The van der Waals surface area contributed by atoms with Crippen molar-refractivity contribution in [2.45, 2.75) is 26.0 Å². The second-order valence-corrected chi connectivity index (χ2v) is 5.44. The van der Waals surface area contributed by atoms with Crippen LogP contribution in [0.25, 0.3) is 0 Å². The molecule has 0 aromatic carbocycles. The van der Waals surface area contributed by atoms with Gasteiger partial charge in [0.05, 0.1) is 12.5 Å². The maximum absolute atomic E-state index is 11.9. The number of urea groups is 1. The molecule has 2 heterocycles. The van der Waals surface area contributed by atoms with E-state index in [1.54, 1.807) is 19.0 Å². The molecular formula is C12H20N4O3. The number of oxime groups is 1. The van der Waals surface area contributed by atoms with E-state index in [0.717, 1.165) is 0 Å². The first-order valence-corrected chi connectivity index (χ1v) is 6.41. The van der Waals surface area contributed by atoms with Crippen LogP contribution in [-0.4, -0.2) is 66.8 Å². The summed E-state index contributed by atoms with van der Waals surface area (Å²) in [6, 6.07) is -0.0324. The Morgan fingerprint density at radius 1 is 1.42 bits per heavy atom. The van der Waals surface area contributed by atoms with E-state index in [-0.39, 0.29) is 30.0 Å². The molecule has 19 heavy (non-hydrogen) atoms. The van der Waals surface area contributed by atoms with Crippen LogP contribution in [0.5, 0.6) is 0 Å². The topological polar surface area (TPSA) is 74.2 Å². The molecule has 2 aliphatic rings. The van der Waals surface area contributed by atoms with Gasteiger partial charge in [0.15, 0.2) is 11.8 Å². The van der Waals surface area contributed by atoms with Crippen molar-refractivity contribution in [3.05, 3.63) is 0 Å². The Kier molecular flexibility index (Phi) is 3.64. The molecule has 1 saturated heterocycles. The van der Waals surface area contributed by atoms with Crippen LogP contribution >= 0.6 is 0 Å². The Balaban J connectivity index is 2.01. The van der Waals surface area contributed by atoms with Gasteiger partial charge in [-0.1, -0.05) is 5.16 Å². The van der Waals surface area contributed by atoms with Crippen LogP contribution in [0.3, 0.4) is 0 Å². The summed E-state index contributed by atoms with van der Waals surface area (Å²) in [5, 5.41) is 6.70. The number of rotatable bonds is 2. The second kappa shape index (κ2) is 5.07. The minimum atomic E-state index is -0.197. The van der Waals surface area contributed by atoms with Crippen molar-refractivity contribution < 1.29 is 14.4 Å². The van der Waals surface area contributed by atoms with Crippen LogP contribution in [0.1, 0.15) is 13.8 Å². The maximum atomic E-state index is 11.9. The standard InChI is InChI=1S/C12H20N4O3/c1-7(2)13-12(18)16-5-8-9(6-16)19-14-10(8)11(17)15(3)4/h7-9H,5-6H2,1-4H3,(H,13,18). The SMILES string of the molecule is CC(C)NC(=O)N1CC2ON=C(C(=O)N(C)C)C2C1. The molecule has 1 fully saturated rings. The van der Waals surface area contributed by atoms with Gasteiger partial charge in [-0.2, -0.15) is 0 Å². The Bertz CT molecular complexity index is 419. The van der Waals surface area contributed by atoms with Gasteiger partial charge in [0.1, 0.15) is 0 Å². The zero-order valence-electron chi connectivity index (χ0n) is 11.7. The molecule has 0 aromatic heterocycles. The van der Waals surface area contributed by atoms with E-state index < -0.39 is 0 Å². The van der Waals surface area contributed by atoms with Crippen molar-refractivity contribution in [2.24, 2.45) is 11.1 Å². The van der Waals surface area contributed by atoms with Gasteiger partial charge in [-0.25, -0.2) is 4.79 Å². The molecule has 0 saturated carbocycles. The van der Waals surface area contributed by atoms with Gasteiger partial charge in [-0.15, -0.1) is 0 Å². The molecule has 1 N–H and O–H groups in total. The third kappa shape index (κ3) is 2.64. The molecule has 2 rings (SSSR count). The lowest BCUT2D eigenvalue weighted by Gasteiger charge is -2.19. The molecule has 7 nitrogen and oxygen atoms in total. The molecule has 2 unspecified atom stereocenters. The van der Waals surface area contributed by atoms with Crippen molar-refractivity contribution in [3.63, 3.8) is 0 Å². The summed E-state index contributed by atoms with van der Waals surface area (Å²) < 4.78 is 0. The van der Waals surface area contributed by atoms with E-state index in [4.69, 9.17) is 4.84 Å². The summed E-state index contributed by atoms with van der Waals surface area (Å²) in [5.74, 6) is -0.272. The first-order chi connectivity index (χ1) is 8.90. The quantitative estimate of drug-likeness (QED) is 0.758. The van der Waals surface area contributed by atoms with Gasteiger partial charge >= 0.3 is 6.03 Å². The van der Waals surface area contributed by atoms with Crippen LogP contribution in [0.2, 0.25) is 0 Å². The average Bonchev–Trinajstić information content (AvgIpc) is 2.85. The van der Waals surface area contributed by atoms with Crippen LogP contribution in [0.15, 0.2) is 5.16 Å². The van der Waals surface area contributed by atoms with E-state index in [1.807, 2.05) is 13.8 Å². The highest BCUT2D eigenvalue weighted by atomic mass is 16.6. The molecule has 0 aliphatic carbocycles. The number of likely N-dealkylation sites (tertiary alicyclic amines) is 1. The summed E-state index contributed by atoms with van der Waals surface area (Å²) >= 11 is 0. The minimum absolute atomic E-state index is 0.0883. The maximum Gasteiger partial charge on any atom is 0.317 e. The van der Waals surface area contributed by atoms with Gasteiger partial charge in [0, 0.05) is 26.7 Å². The number of carbonyl (C=O) groups is 2. The Hall–Kier alpha value is -1.79. The Labute approximate surface area is 112 Å². The fourth-order valence-corrected chi connectivity index (χ4v) is 2.27. The van der Waals surface area contributed by atoms with Gasteiger partial charge < -0.3 is 20.0 Å². The monoisotopic (exact) mass is 268 g/mol. The molecule has 7 heteroatoms. The first kappa shape index (κ1) is 13.6. The Morgan fingerprint density at radius 3 is 2.68 bits per heavy atom. The number of carbonyl (C=O) groups excluding carboxylic acids is 2. The van der Waals surface area contributed by atoms with Crippen LogP contribution in [0.4, 0.5) is 4.79 Å². The molecule has 0 spiro atoms. The highest BCUT2D eigenvalue weighted by Gasteiger charge is 2.46. The lowest BCUT2D eigenvalue weighted by molar-refractivity contribution is -0.122. The number of hydrogen-bond acceptors (Lipinski definition) is 4. The van der Waals surface area contributed by atoms with Crippen LogP contribution < -0.4 is 5.32 Å². The fraction of sp³-hybridized carbons (Fsp3) is 0.750. The van der Waals surface area contributed by atoms with E-state index in [1.165, 1.54) is 4.90 Å². The van der Waals surface area contributed by atoms with Gasteiger partial charge in [-0.05, 0) is 13.8 Å². The number of hydrogen-bond donors (Lipinski definition) is 1. The zero-order valence-corrected chi connectivity index (χ0v) is 11.7. The highest BCUT2D eigenvalue weighted by molar-refractivity contribution is 6.40. The lowest BCUT2D eigenvalue weighted by atomic mass is 10.0. The molecule has 2 atom stereocenters. The minimum Gasteiger partial charge on any atom is -0.389 e. The predicted molar refractivity (Wildman–Crippen MR) is 69.7 cm³/mol. The smallest absolute Gasteiger partial charge is 0.317 e. The molecule has 0 bridgehead atoms. The highest BCUT2D eigenvalue weighted by Crippen LogP contribution is 2.27. The molecule has 106 valence electrons.